The highest BCUT2D eigenvalue weighted by Gasteiger charge is 2.11. The van der Waals surface area contributed by atoms with Crippen LogP contribution in [-0.4, -0.2) is 24.1 Å². The van der Waals surface area contributed by atoms with Crippen LogP contribution in [0.15, 0.2) is 42.6 Å². The molecular formula is C17H20N2O2. The lowest BCUT2D eigenvalue weighted by molar-refractivity contribution is 0.0526. The average molecular weight is 284 g/mol. The lowest BCUT2D eigenvalue weighted by Gasteiger charge is -2.22. The number of carbonyl (C=O) groups excluding carboxylic acids is 1. The number of carbonyl (C=O) groups is 1. The molecule has 0 aliphatic rings. The largest absolute Gasteiger partial charge is 0.462 e. The molecular weight excluding hydrogens is 264 g/mol. The summed E-state index contributed by atoms with van der Waals surface area (Å²) >= 11 is 0. The van der Waals surface area contributed by atoms with Crippen molar-refractivity contribution in [2.24, 2.45) is 0 Å². The number of aryl methyl sites for hydroxylation is 1. The molecule has 21 heavy (non-hydrogen) atoms. The summed E-state index contributed by atoms with van der Waals surface area (Å²) in [5.74, 6) is 0.478. The number of benzene rings is 1. The molecule has 0 radical (unpaired) electrons. The van der Waals surface area contributed by atoms with Gasteiger partial charge in [-0.2, -0.15) is 0 Å². The Labute approximate surface area is 125 Å². The van der Waals surface area contributed by atoms with Crippen LogP contribution in [0.1, 0.15) is 29.8 Å². The molecule has 0 atom stereocenters. The van der Waals surface area contributed by atoms with Crippen molar-refractivity contribution in [1.82, 2.24) is 4.98 Å². The number of esters is 1. The van der Waals surface area contributed by atoms with Crippen molar-refractivity contribution in [3.05, 3.63) is 53.7 Å². The third kappa shape index (κ3) is 3.60. The maximum Gasteiger partial charge on any atom is 0.339 e. The number of ether oxygens (including phenoxy) is 1. The minimum atomic E-state index is -0.338. The first-order valence-electron chi connectivity index (χ1n) is 7.13. The Hall–Kier alpha value is -2.36. The molecule has 0 unspecified atom stereocenters. The van der Waals surface area contributed by atoms with Gasteiger partial charge in [0.2, 0.25) is 0 Å². The predicted octanol–water partition coefficient (Wildman–Crippen LogP) is 3.72. The Bertz CT molecular complexity index is 608. The van der Waals surface area contributed by atoms with Crippen LogP contribution >= 0.6 is 0 Å². The highest BCUT2D eigenvalue weighted by molar-refractivity contribution is 5.89. The number of hydrogen-bond acceptors (Lipinski definition) is 4. The van der Waals surface area contributed by atoms with Crippen LogP contribution in [-0.2, 0) is 4.74 Å². The van der Waals surface area contributed by atoms with Crippen molar-refractivity contribution in [1.29, 1.82) is 0 Å². The molecule has 0 spiro atoms. The van der Waals surface area contributed by atoms with Gasteiger partial charge in [0, 0.05) is 18.4 Å². The van der Waals surface area contributed by atoms with Crippen LogP contribution in [0, 0.1) is 6.92 Å². The Balaban J connectivity index is 2.25. The SMILES string of the molecule is CCOC(=O)c1ccc(N(CC)c2cccc(C)c2)nc1. The maximum atomic E-state index is 11.6. The smallest absolute Gasteiger partial charge is 0.339 e. The summed E-state index contributed by atoms with van der Waals surface area (Å²) in [5.41, 5.74) is 2.77. The van der Waals surface area contributed by atoms with Gasteiger partial charge in [-0.3, -0.25) is 0 Å². The van der Waals surface area contributed by atoms with Gasteiger partial charge in [0.15, 0.2) is 0 Å². The van der Waals surface area contributed by atoms with Crippen LogP contribution in [0.2, 0.25) is 0 Å². The standard InChI is InChI=1S/C17H20N2O2/c1-4-19(15-8-6-7-13(3)11-15)16-10-9-14(12-18-16)17(20)21-5-2/h6-12H,4-5H2,1-3H3. The highest BCUT2D eigenvalue weighted by Crippen LogP contribution is 2.24. The minimum absolute atomic E-state index is 0.338. The number of nitrogens with zero attached hydrogens (tertiary/aromatic N) is 2. The Morgan fingerprint density at radius 3 is 2.62 bits per heavy atom. The number of aromatic nitrogens is 1. The van der Waals surface area contributed by atoms with E-state index in [9.17, 15) is 4.79 Å². The van der Waals surface area contributed by atoms with Gasteiger partial charge in [0.1, 0.15) is 5.82 Å². The quantitative estimate of drug-likeness (QED) is 0.785. The minimum Gasteiger partial charge on any atom is -0.462 e. The van der Waals surface area contributed by atoms with Crippen LogP contribution < -0.4 is 4.90 Å². The van der Waals surface area contributed by atoms with Crippen LogP contribution in [0.4, 0.5) is 11.5 Å². The number of pyridine rings is 1. The molecule has 2 aromatic rings. The third-order valence-electron chi connectivity index (χ3n) is 3.17. The van der Waals surface area contributed by atoms with Gasteiger partial charge in [-0.15, -0.1) is 0 Å². The average Bonchev–Trinajstić information content (AvgIpc) is 2.49. The van der Waals surface area contributed by atoms with Crippen LogP contribution in [0.25, 0.3) is 0 Å². The van der Waals surface area contributed by atoms with E-state index in [0.717, 1.165) is 18.1 Å². The molecule has 0 saturated carbocycles. The summed E-state index contributed by atoms with van der Waals surface area (Å²) in [6.45, 7) is 7.09. The van der Waals surface area contributed by atoms with E-state index in [0.29, 0.717) is 12.2 Å². The van der Waals surface area contributed by atoms with E-state index in [-0.39, 0.29) is 5.97 Å². The lowest BCUT2D eigenvalue weighted by atomic mass is 10.2. The zero-order valence-electron chi connectivity index (χ0n) is 12.7. The first kappa shape index (κ1) is 15.0. The summed E-state index contributed by atoms with van der Waals surface area (Å²) in [5, 5.41) is 0. The van der Waals surface area contributed by atoms with Gasteiger partial charge in [0.05, 0.1) is 12.2 Å². The molecule has 0 aliphatic heterocycles. The van der Waals surface area contributed by atoms with Crippen molar-refractivity contribution < 1.29 is 9.53 Å². The van der Waals surface area contributed by atoms with E-state index in [1.165, 1.54) is 5.56 Å². The zero-order valence-corrected chi connectivity index (χ0v) is 12.7. The second-order valence-electron chi connectivity index (χ2n) is 4.71. The van der Waals surface area contributed by atoms with E-state index < -0.39 is 0 Å². The summed E-state index contributed by atoms with van der Waals surface area (Å²) in [4.78, 5) is 18.1. The van der Waals surface area contributed by atoms with Crippen LogP contribution in [0.5, 0.6) is 0 Å². The molecule has 0 aliphatic carbocycles. The molecule has 1 aromatic heterocycles. The molecule has 2 rings (SSSR count). The number of rotatable bonds is 5. The molecule has 0 saturated heterocycles. The van der Waals surface area contributed by atoms with Gasteiger partial charge in [-0.25, -0.2) is 9.78 Å². The number of anilines is 2. The molecule has 0 fully saturated rings. The van der Waals surface area contributed by atoms with Crippen molar-refractivity contribution in [2.75, 3.05) is 18.1 Å². The van der Waals surface area contributed by atoms with Crippen molar-refractivity contribution in [2.45, 2.75) is 20.8 Å². The normalized spacial score (nSPS) is 10.2. The third-order valence-corrected chi connectivity index (χ3v) is 3.17. The number of hydrogen-bond donors (Lipinski definition) is 0. The molecule has 0 amide bonds. The monoisotopic (exact) mass is 284 g/mol. The van der Waals surface area contributed by atoms with E-state index in [1.54, 1.807) is 19.2 Å². The lowest BCUT2D eigenvalue weighted by Crippen LogP contribution is -2.17. The van der Waals surface area contributed by atoms with Crippen LogP contribution in [0.3, 0.4) is 0 Å². The second kappa shape index (κ2) is 6.88. The predicted molar refractivity (Wildman–Crippen MR) is 84.1 cm³/mol. The van der Waals surface area contributed by atoms with Gasteiger partial charge in [0.25, 0.3) is 0 Å². The molecule has 4 heteroatoms. The Morgan fingerprint density at radius 1 is 1.24 bits per heavy atom. The summed E-state index contributed by atoms with van der Waals surface area (Å²) in [7, 11) is 0. The fourth-order valence-electron chi connectivity index (χ4n) is 2.15. The summed E-state index contributed by atoms with van der Waals surface area (Å²) in [6.07, 6.45) is 1.56. The van der Waals surface area contributed by atoms with Crippen molar-refractivity contribution >= 4 is 17.5 Å². The van der Waals surface area contributed by atoms with Crippen molar-refractivity contribution in [3.63, 3.8) is 0 Å². The maximum absolute atomic E-state index is 11.6. The fraction of sp³-hybridized carbons (Fsp3) is 0.294. The fourth-order valence-corrected chi connectivity index (χ4v) is 2.15. The van der Waals surface area contributed by atoms with E-state index in [2.05, 4.69) is 41.9 Å². The van der Waals surface area contributed by atoms with E-state index in [4.69, 9.17) is 4.74 Å². The van der Waals surface area contributed by atoms with E-state index in [1.807, 2.05) is 12.1 Å². The summed E-state index contributed by atoms with van der Waals surface area (Å²) < 4.78 is 4.96. The van der Waals surface area contributed by atoms with Gasteiger partial charge < -0.3 is 9.64 Å². The Kier molecular flexibility index (Phi) is 4.93. The summed E-state index contributed by atoms with van der Waals surface area (Å²) in [6, 6.07) is 11.9. The van der Waals surface area contributed by atoms with Gasteiger partial charge >= 0.3 is 5.97 Å². The van der Waals surface area contributed by atoms with E-state index >= 15 is 0 Å². The highest BCUT2D eigenvalue weighted by atomic mass is 16.5. The molecule has 110 valence electrons. The molecule has 1 aromatic carbocycles. The molecule has 1 heterocycles. The molecule has 0 bridgehead atoms. The Morgan fingerprint density at radius 2 is 2.05 bits per heavy atom. The topological polar surface area (TPSA) is 42.4 Å². The first-order valence-corrected chi connectivity index (χ1v) is 7.13. The zero-order chi connectivity index (χ0) is 15.2. The molecule has 0 N–H and O–H groups in total. The second-order valence-corrected chi connectivity index (χ2v) is 4.71. The van der Waals surface area contributed by atoms with Gasteiger partial charge in [-0.05, 0) is 50.6 Å². The first-order chi connectivity index (χ1) is 10.2. The molecule has 4 nitrogen and oxygen atoms in total. The van der Waals surface area contributed by atoms with Gasteiger partial charge in [-0.1, -0.05) is 12.1 Å². The van der Waals surface area contributed by atoms with Crippen molar-refractivity contribution in [3.8, 4) is 0 Å².